The smallest absolute Gasteiger partial charge is 0.225 e. The van der Waals surface area contributed by atoms with Crippen LogP contribution in [-0.4, -0.2) is 42.9 Å². The van der Waals surface area contributed by atoms with Gasteiger partial charge in [-0.3, -0.25) is 9.59 Å². The van der Waals surface area contributed by atoms with Gasteiger partial charge in [0, 0.05) is 31.1 Å². The molecule has 2 atom stereocenters. The van der Waals surface area contributed by atoms with E-state index < -0.39 is 0 Å². The van der Waals surface area contributed by atoms with Crippen molar-refractivity contribution in [1.82, 2.24) is 15.5 Å². The van der Waals surface area contributed by atoms with Crippen molar-refractivity contribution in [3.63, 3.8) is 0 Å². The zero-order valence-corrected chi connectivity index (χ0v) is 14.4. The third-order valence-corrected chi connectivity index (χ3v) is 4.46. The van der Waals surface area contributed by atoms with E-state index in [1.54, 1.807) is 12.1 Å². The molecule has 0 spiro atoms. The number of likely N-dealkylation sites (N-methyl/N-ethyl adjacent to an activating group) is 1. The van der Waals surface area contributed by atoms with Gasteiger partial charge in [0.25, 0.3) is 0 Å². The number of amides is 2. The van der Waals surface area contributed by atoms with Crippen molar-refractivity contribution in [1.29, 1.82) is 0 Å². The Morgan fingerprint density at radius 1 is 1.35 bits per heavy atom. The van der Waals surface area contributed by atoms with Gasteiger partial charge in [0.1, 0.15) is 0 Å². The Bertz CT molecular complexity index is 547. The number of halogens is 1. The van der Waals surface area contributed by atoms with Crippen LogP contribution in [-0.2, 0) is 9.59 Å². The van der Waals surface area contributed by atoms with Gasteiger partial charge < -0.3 is 15.5 Å². The molecule has 5 nitrogen and oxygen atoms in total. The van der Waals surface area contributed by atoms with Gasteiger partial charge in [-0.05, 0) is 37.6 Å². The normalized spacial score (nSPS) is 19.3. The molecule has 0 aliphatic carbocycles. The molecule has 126 valence electrons. The number of nitrogens with zero attached hydrogens (tertiary/aromatic N) is 1. The maximum Gasteiger partial charge on any atom is 0.225 e. The van der Waals surface area contributed by atoms with E-state index in [1.807, 2.05) is 24.1 Å². The first kappa shape index (κ1) is 17.8. The minimum atomic E-state index is -0.327. The number of hydrogen-bond donors (Lipinski definition) is 2. The van der Waals surface area contributed by atoms with E-state index in [4.69, 9.17) is 11.6 Å². The standard InChI is InChI=1S/C17H24ClN3O2/c1-12(22)20-16(13-5-7-14(18)8-6-13)10-17(23)21-9-3-4-15(11-21)19-2/h5-8,15-16,19H,3-4,9-11H2,1-2H3,(H,20,22). The van der Waals surface area contributed by atoms with Crippen LogP contribution in [0.4, 0.5) is 0 Å². The number of likely N-dealkylation sites (tertiary alicyclic amines) is 1. The topological polar surface area (TPSA) is 61.4 Å². The van der Waals surface area contributed by atoms with Crippen molar-refractivity contribution < 1.29 is 9.59 Å². The van der Waals surface area contributed by atoms with Crippen LogP contribution in [0.25, 0.3) is 0 Å². The molecule has 1 aliphatic heterocycles. The number of hydrogen-bond acceptors (Lipinski definition) is 3. The molecule has 2 unspecified atom stereocenters. The molecule has 1 fully saturated rings. The summed E-state index contributed by atoms with van der Waals surface area (Å²) in [5, 5.41) is 6.73. The number of carbonyl (C=O) groups excluding carboxylic acids is 2. The second-order valence-corrected chi connectivity index (χ2v) is 6.41. The van der Waals surface area contributed by atoms with Crippen molar-refractivity contribution in [3.8, 4) is 0 Å². The molecular weight excluding hydrogens is 314 g/mol. The molecule has 1 saturated heterocycles. The first-order chi connectivity index (χ1) is 11.0. The molecule has 0 aromatic heterocycles. The number of benzene rings is 1. The lowest BCUT2D eigenvalue weighted by atomic mass is 10.0. The van der Waals surface area contributed by atoms with Crippen LogP contribution >= 0.6 is 11.6 Å². The Labute approximate surface area is 142 Å². The van der Waals surface area contributed by atoms with Crippen LogP contribution < -0.4 is 10.6 Å². The van der Waals surface area contributed by atoms with E-state index in [0.717, 1.165) is 31.5 Å². The predicted octanol–water partition coefficient (Wildman–Crippen LogP) is 2.12. The highest BCUT2D eigenvalue weighted by molar-refractivity contribution is 6.30. The Morgan fingerprint density at radius 3 is 2.65 bits per heavy atom. The highest BCUT2D eigenvalue weighted by Crippen LogP contribution is 2.21. The fourth-order valence-electron chi connectivity index (χ4n) is 2.94. The summed E-state index contributed by atoms with van der Waals surface area (Å²) in [6, 6.07) is 7.27. The summed E-state index contributed by atoms with van der Waals surface area (Å²) in [6.07, 6.45) is 2.35. The van der Waals surface area contributed by atoms with Gasteiger partial charge in [-0.1, -0.05) is 23.7 Å². The molecule has 1 heterocycles. The summed E-state index contributed by atoms with van der Waals surface area (Å²) in [6.45, 7) is 2.97. The van der Waals surface area contributed by atoms with Gasteiger partial charge in [-0.2, -0.15) is 0 Å². The van der Waals surface area contributed by atoms with Crippen molar-refractivity contribution in [2.45, 2.75) is 38.3 Å². The van der Waals surface area contributed by atoms with E-state index >= 15 is 0 Å². The van der Waals surface area contributed by atoms with Crippen molar-refractivity contribution >= 4 is 23.4 Å². The molecule has 23 heavy (non-hydrogen) atoms. The number of piperidine rings is 1. The third kappa shape index (κ3) is 5.22. The van der Waals surface area contributed by atoms with Gasteiger partial charge in [-0.15, -0.1) is 0 Å². The molecule has 6 heteroatoms. The highest BCUT2D eigenvalue weighted by Gasteiger charge is 2.25. The minimum Gasteiger partial charge on any atom is -0.349 e. The molecule has 2 amide bonds. The number of nitrogens with one attached hydrogen (secondary N) is 2. The molecule has 1 aromatic carbocycles. The average Bonchev–Trinajstić information content (AvgIpc) is 2.54. The maximum absolute atomic E-state index is 12.6. The maximum atomic E-state index is 12.6. The second kappa shape index (κ2) is 8.31. The van der Waals surface area contributed by atoms with Crippen LogP contribution in [0.3, 0.4) is 0 Å². The van der Waals surface area contributed by atoms with Crippen LogP contribution in [0.5, 0.6) is 0 Å². The van der Waals surface area contributed by atoms with E-state index in [9.17, 15) is 9.59 Å². The molecule has 2 rings (SSSR count). The summed E-state index contributed by atoms with van der Waals surface area (Å²) in [5.41, 5.74) is 0.889. The van der Waals surface area contributed by atoms with E-state index in [-0.39, 0.29) is 24.3 Å². The highest BCUT2D eigenvalue weighted by atomic mass is 35.5. The molecular formula is C17H24ClN3O2. The molecule has 0 saturated carbocycles. The quantitative estimate of drug-likeness (QED) is 0.865. The molecule has 0 bridgehead atoms. The first-order valence-corrected chi connectivity index (χ1v) is 8.35. The lowest BCUT2D eigenvalue weighted by Crippen LogP contribution is -2.47. The van der Waals surface area contributed by atoms with E-state index in [0.29, 0.717) is 11.1 Å². The third-order valence-electron chi connectivity index (χ3n) is 4.21. The number of rotatable bonds is 5. The monoisotopic (exact) mass is 337 g/mol. The van der Waals surface area contributed by atoms with Crippen LogP contribution in [0.1, 0.15) is 37.8 Å². The fraction of sp³-hybridized carbons (Fsp3) is 0.529. The van der Waals surface area contributed by atoms with Crippen LogP contribution in [0.15, 0.2) is 24.3 Å². The molecule has 0 radical (unpaired) electrons. The van der Waals surface area contributed by atoms with Crippen molar-refractivity contribution in [3.05, 3.63) is 34.9 Å². The van der Waals surface area contributed by atoms with Gasteiger partial charge in [0.05, 0.1) is 12.5 Å². The summed E-state index contributed by atoms with van der Waals surface area (Å²) >= 11 is 5.91. The Balaban J connectivity index is 2.06. The summed E-state index contributed by atoms with van der Waals surface area (Å²) in [4.78, 5) is 26.0. The molecule has 1 aromatic rings. The molecule has 1 aliphatic rings. The fourth-order valence-corrected chi connectivity index (χ4v) is 3.06. The second-order valence-electron chi connectivity index (χ2n) is 5.98. The number of carbonyl (C=O) groups is 2. The Kier molecular flexibility index (Phi) is 6.42. The lowest BCUT2D eigenvalue weighted by molar-refractivity contribution is -0.133. The van der Waals surface area contributed by atoms with Crippen molar-refractivity contribution in [2.24, 2.45) is 0 Å². The van der Waals surface area contributed by atoms with Gasteiger partial charge >= 0.3 is 0 Å². The lowest BCUT2D eigenvalue weighted by Gasteiger charge is -2.33. The van der Waals surface area contributed by atoms with Gasteiger partial charge in [-0.25, -0.2) is 0 Å². The van der Waals surface area contributed by atoms with Crippen LogP contribution in [0.2, 0.25) is 5.02 Å². The van der Waals surface area contributed by atoms with Gasteiger partial charge in [0.2, 0.25) is 11.8 Å². The predicted molar refractivity (Wildman–Crippen MR) is 91.3 cm³/mol. The van der Waals surface area contributed by atoms with Gasteiger partial charge in [0.15, 0.2) is 0 Å². The zero-order chi connectivity index (χ0) is 16.8. The largest absolute Gasteiger partial charge is 0.349 e. The summed E-state index contributed by atoms with van der Waals surface area (Å²) < 4.78 is 0. The summed E-state index contributed by atoms with van der Waals surface area (Å²) in [7, 11) is 1.92. The van der Waals surface area contributed by atoms with Crippen molar-refractivity contribution in [2.75, 3.05) is 20.1 Å². The Morgan fingerprint density at radius 2 is 2.04 bits per heavy atom. The summed E-state index contributed by atoms with van der Waals surface area (Å²) in [5.74, 6) is -0.0804. The zero-order valence-electron chi connectivity index (χ0n) is 13.6. The SMILES string of the molecule is CNC1CCCN(C(=O)CC(NC(C)=O)c2ccc(Cl)cc2)C1. The molecule has 2 N–H and O–H groups in total. The Hall–Kier alpha value is -1.59. The van der Waals surface area contributed by atoms with Crippen LogP contribution in [0, 0.1) is 0 Å². The average molecular weight is 338 g/mol. The van der Waals surface area contributed by atoms with E-state index in [1.165, 1.54) is 6.92 Å². The first-order valence-electron chi connectivity index (χ1n) is 7.97. The van der Waals surface area contributed by atoms with E-state index in [2.05, 4.69) is 10.6 Å². The minimum absolute atomic E-state index is 0.0682.